The molecular formula is C22H22F3N3O3S2. The third-order valence-electron chi connectivity index (χ3n) is 5.26. The predicted octanol–water partition coefficient (Wildman–Crippen LogP) is 4.74. The Bertz CT molecular complexity index is 1200. The van der Waals surface area contributed by atoms with Gasteiger partial charge in [-0.15, -0.1) is 11.3 Å². The number of sulfonamides is 1. The second kappa shape index (κ2) is 9.32. The van der Waals surface area contributed by atoms with Crippen LogP contribution in [0.15, 0.2) is 58.8 Å². The van der Waals surface area contributed by atoms with Crippen LogP contribution in [0.1, 0.15) is 12.5 Å². The number of aromatic nitrogens is 1. The normalized spacial score (nSPS) is 15.6. The number of anilines is 1. The standard InChI is InChI=1S/C22H22F3N3O3S2/c1-2-31-18-8-6-16(7-9-18)20-15-32-21(26-20)27-10-12-28(13-11-27)33(29,30)19-5-3-4-17(14-19)22(23,24)25/h3-9,14-15H,2,10-13H2,1H3. The SMILES string of the molecule is CCOc1ccc(-c2csc(N3CCN(S(=O)(=O)c4cccc(C(F)(F)F)c4)CC3)n2)cc1. The summed E-state index contributed by atoms with van der Waals surface area (Å²) in [5.41, 5.74) is 0.788. The van der Waals surface area contributed by atoms with Crippen LogP contribution in [0.4, 0.5) is 18.3 Å². The number of hydrogen-bond acceptors (Lipinski definition) is 6. The highest BCUT2D eigenvalue weighted by Crippen LogP contribution is 2.32. The fourth-order valence-electron chi connectivity index (χ4n) is 3.53. The first-order valence-corrected chi connectivity index (χ1v) is 12.6. The number of thiazole rings is 1. The summed E-state index contributed by atoms with van der Waals surface area (Å²) >= 11 is 1.47. The second-order valence-corrected chi connectivity index (χ2v) is 10.2. The smallest absolute Gasteiger partial charge is 0.416 e. The van der Waals surface area contributed by atoms with E-state index in [0.29, 0.717) is 25.8 Å². The molecule has 0 spiro atoms. The Balaban J connectivity index is 1.43. The molecule has 6 nitrogen and oxygen atoms in total. The van der Waals surface area contributed by atoms with E-state index in [-0.39, 0.29) is 18.0 Å². The molecule has 0 bridgehead atoms. The van der Waals surface area contributed by atoms with Crippen molar-refractivity contribution in [3.8, 4) is 17.0 Å². The molecule has 0 atom stereocenters. The molecule has 0 radical (unpaired) electrons. The van der Waals surface area contributed by atoms with Gasteiger partial charge < -0.3 is 9.64 Å². The highest BCUT2D eigenvalue weighted by molar-refractivity contribution is 7.89. The second-order valence-electron chi connectivity index (χ2n) is 7.39. The molecule has 3 aromatic rings. The zero-order valence-electron chi connectivity index (χ0n) is 17.7. The lowest BCUT2D eigenvalue weighted by Crippen LogP contribution is -2.48. The molecule has 0 unspecified atom stereocenters. The Morgan fingerprint density at radius 1 is 1.06 bits per heavy atom. The Morgan fingerprint density at radius 2 is 1.76 bits per heavy atom. The minimum Gasteiger partial charge on any atom is -0.494 e. The van der Waals surface area contributed by atoms with Gasteiger partial charge in [-0.05, 0) is 49.4 Å². The summed E-state index contributed by atoms with van der Waals surface area (Å²) in [4.78, 5) is 6.31. The van der Waals surface area contributed by atoms with Crippen LogP contribution in [0.5, 0.6) is 5.75 Å². The van der Waals surface area contributed by atoms with E-state index in [1.54, 1.807) is 0 Å². The van der Waals surface area contributed by atoms with Gasteiger partial charge in [-0.3, -0.25) is 0 Å². The van der Waals surface area contributed by atoms with Gasteiger partial charge in [0, 0.05) is 37.1 Å². The molecule has 2 aromatic carbocycles. The summed E-state index contributed by atoms with van der Waals surface area (Å²) in [7, 11) is -4.02. The Labute approximate surface area is 194 Å². The van der Waals surface area contributed by atoms with Crippen LogP contribution >= 0.6 is 11.3 Å². The molecular weight excluding hydrogens is 475 g/mol. The van der Waals surface area contributed by atoms with Gasteiger partial charge in [0.25, 0.3) is 0 Å². The summed E-state index contributed by atoms with van der Waals surface area (Å²) < 4.78 is 71.4. The van der Waals surface area contributed by atoms with Crippen molar-refractivity contribution in [1.29, 1.82) is 0 Å². The lowest BCUT2D eigenvalue weighted by molar-refractivity contribution is -0.137. The lowest BCUT2D eigenvalue weighted by Gasteiger charge is -2.33. The number of ether oxygens (including phenoxy) is 1. The van der Waals surface area contributed by atoms with Crippen molar-refractivity contribution in [2.45, 2.75) is 18.0 Å². The average Bonchev–Trinajstić information content (AvgIpc) is 3.30. The first-order valence-electron chi connectivity index (χ1n) is 10.3. The van der Waals surface area contributed by atoms with Gasteiger partial charge in [0.2, 0.25) is 10.0 Å². The van der Waals surface area contributed by atoms with Crippen LogP contribution in [0.2, 0.25) is 0 Å². The fourth-order valence-corrected chi connectivity index (χ4v) is 5.89. The number of piperazine rings is 1. The number of nitrogens with zero attached hydrogens (tertiary/aromatic N) is 3. The maximum Gasteiger partial charge on any atom is 0.416 e. The molecule has 1 aliphatic heterocycles. The minimum absolute atomic E-state index is 0.163. The first kappa shape index (κ1) is 23.5. The number of halogens is 3. The molecule has 0 N–H and O–H groups in total. The largest absolute Gasteiger partial charge is 0.494 e. The van der Waals surface area contributed by atoms with Gasteiger partial charge >= 0.3 is 6.18 Å². The summed E-state index contributed by atoms with van der Waals surface area (Å²) in [5, 5.41) is 2.71. The first-order chi connectivity index (χ1) is 15.7. The van der Waals surface area contributed by atoms with Gasteiger partial charge in [-0.25, -0.2) is 13.4 Å². The molecule has 11 heteroatoms. The van der Waals surface area contributed by atoms with Crippen molar-refractivity contribution >= 4 is 26.5 Å². The Kier molecular flexibility index (Phi) is 6.64. The third kappa shape index (κ3) is 5.15. The van der Waals surface area contributed by atoms with Crippen molar-refractivity contribution in [2.24, 2.45) is 0 Å². The lowest BCUT2D eigenvalue weighted by atomic mass is 10.2. The molecule has 0 aliphatic carbocycles. The van der Waals surface area contributed by atoms with Crippen LogP contribution < -0.4 is 9.64 Å². The summed E-state index contributed by atoms with van der Waals surface area (Å²) in [6.07, 6.45) is -4.60. The molecule has 33 heavy (non-hydrogen) atoms. The van der Waals surface area contributed by atoms with Crippen LogP contribution in [0.3, 0.4) is 0 Å². The van der Waals surface area contributed by atoms with Crippen molar-refractivity contribution in [2.75, 3.05) is 37.7 Å². The van der Waals surface area contributed by atoms with E-state index in [1.165, 1.54) is 21.7 Å². The van der Waals surface area contributed by atoms with E-state index in [9.17, 15) is 21.6 Å². The van der Waals surface area contributed by atoms with E-state index in [4.69, 9.17) is 4.74 Å². The van der Waals surface area contributed by atoms with Gasteiger partial charge in [0.05, 0.1) is 22.8 Å². The molecule has 1 fully saturated rings. The molecule has 2 heterocycles. The number of alkyl halides is 3. The number of benzene rings is 2. The van der Waals surface area contributed by atoms with Crippen LogP contribution in [-0.4, -0.2) is 50.5 Å². The van der Waals surface area contributed by atoms with Gasteiger partial charge in [-0.2, -0.15) is 17.5 Å². The maximum absolute atomic E-state index is 13.0. The topological polar surface area (TPSA) is 62.7 Å². The molecule has 1 aromatic heterocycles. The van der Waals surface area contributed by atoms with Crippen LogP contribution in [0, 0.1) is 0 Å². The zero-order chi connectivity index (χ0) is 23.6. The van der Waals surface area contributed by atoms with Gasteiger partial charge in [0.15, 0.2) is 5.13 Å². The summed E-state index contributed by atoms with van der Waals surface area (Å²) in [6, 6.07) is 11.5. The number of rotatable bonds is 6. The van der Waals surface area contributed by atoms with Gasteiger partial charge in [-0.1, -0.05) is 6.07 Å². The summed E-state index contributed by atoms with van der Waals surface area (Å²) in [5.74, 6) is 0.787. The molecule has 4 rings (SSSR count). The highest BCUT2D eigenvalue weighted by atomic mass is 32.2. The number of hydrogen-bond donors (Lipinski definition) is 0. The summed E-state index contributed by atoms with van der Waals surface area (Å²) in [6.45, 7) is 3.64. The van der Waals surface area contributed by atoms with E-state index in [0.717, 1.165) is 34.3 Å². The van der Waals surface area contributed by atoms with E-state index in [1.807, 2.05) is 41.5 Å². The minimum atomic E-state index is -4.60. The molecule has 176 valence electrons. The third-order valence-corrected chi connectivity index (χ3v) is 8.06. The quantitative estimate of drug-likeness (QED) is 0.492. The van der Waals surface area contributed by atoms with Crippen molar-refractivity contribution in [3.05, 3.63) is 59.5 Å². The van der Waals surface area contributed by atoms with Crippen molar-refractivity contribution in [3.63, 3.8) is 0 Å². The van der Waals surface area contributed by atoms with E-state index >= 15 is 0 Å². The van der Waals surface area contributed by atoms with Crippen LogP contribution in [-0.2, 0) is 16.2 Å². The molecule has 1 saturated heterocycles. The van der Waals surface area contributed by atoms with Crippen molar-refractivity contribution < 1.29 is 26.3 Å². The highest BCUT2D eigenvalue weighted by Gasteiger charge is 2.34. The van der Waals surface area contributed by atoms with E-state index in [2.05, 4.69) is 4.98 Å². The monoisotopic (exact) mass is 497 g/mol. The molecule has 0 amide bonds. The van der Waals surface area contributed by atoms with E-state index < -0.39 is 21.8 Å². The molecule has 1 aliphatic rings. The Morgan fingerprint density at radius 3 is 2.39 bits per heavy atom. The predicted molar refractivity (Wildman–Crippen MR) is 121 cm³/mol. The van der Waals surface area contributed by atoms with Crippen LogP contribution in [0.25, 0.3) is 11.3 Å². The molecule has 0 saturated carbocycles. The fraction of sp³-hybridized carbons (Fsp3) is 0.318. The average molecular weight is 498 g/mol. The maximum atomic E-state index is 13.0. The van der Waals surface area contributed by atoms with Crippen molar-refractivity contribution in [1.82, 2.24) is 9.29 Å². The Hall–Kier alpha value is -2.63. The zero-order valence-corrected chi connectivity index (χ0v) is 19.4. The van der Waals surface area contributed by atoms with Gasteiger partial charge in [0.1, 0.15) is 5.75 Å².